The van der Waals surface area contributed by atoms with Crippen LogP contribution in [-0.4, -0.2) is 30.1 Å². The number of ether oxygens (including phenoxy) is 1. The molecule has 1 amide bonds. The first-order valence-corrected chi connectivity index (χ1v) is 9.11. The lowest BCUT2D eigenvalue weighted by atomic mass is 9.94. The summed E-state index contributed by atoms with van der Waals surface area (Å²) in [5.41, 5.74) is 3.71. The van der Waals surface area contributed by atoms with Crippen LogP contribution < -0.4 is 5.32 Å². The molecule has 0 radical (unpaired) electrons. The Labute approximate surface area is 146 Å². The van der Waals surface area contributed by atoms with Crippen molar-refractivity contribution >= 4 is 28.4 Å². The van der Waals surface area contributed by atoms with Crippen molar-refractivity contribution in [2.24, 2.45) is 0 Å². The Morgan fingerprint density at radius 2 is 2.17 bits per heavy atom. The lowest BCUT2D eigenvalue weighted by molar-refractivity contribution is 0.0858. The summed E-state index contributed by atoms with van der Waals surface area (Å²) in [7, 11) is 0. The fraction of sp³-hybridized carbons (Fsp3) is 0.474. The van der Waals surface area contributed by atoms with Gasteiger partial charge in [-0.2, -0.15) is 0 Å². The van der Waals surface area contributed by atoms with Crippen molar-refractivity contribution in [1.82, 2.24) is 10.3 Å². The average Bonchev–Trinajstić information content (AvgIpc) is 3.13. The quantitative estimate of drug-likeness (QED) is 0.924. The molecule has 1 N–H and O–H groups in total. The summed E-state index contributed by atoms with van der Waals surface area (Å²) >= 11 is 6.58. The summed E-state index contributed by atoms with van der Waals surface area (Å²) in [6.07, 6.45) is 6.54. The Morgan fingerprint density at radius 3 is 3.00 bits per heavy atom. The molecule has 0 saturated carbocycles. The van der Waals surface area contributed by atoms with E-state index >= 15 is 0 Å². The van der Waals surface area contributed by atoms with Crippen LogP contribution in [0.25, 0.3) is 10.9 Å². The van der Waals surface area contributed by atoms with Gasteiger partial charge in [-0.3, -0.25) is 9.78 Å². The number of fused-ring (bicyclic) bond motifs is 2. The van der Waals surface area contributed by atoms with Crippen LogP contribution >= 0.6 is 11.6 Å². The standard InChI is InChI=1S/C19H21ClN2O2/c20-18-14-5-1-2-6-16(14)22-17-10-12(7-8-15(17)18)19(23)21-11-13-4-3-9-24-13/h7-8,10,13H,1-6,9,11H2,(H,21,23). The molecule has 0 bridgehead atoms. The van der Waals surface area contributed by atoms with Crippen LogP contribution in [0.3, 0.4) is 0 Å². The molecule has 2 aromatic rings. The van der Waals surface area contributed by atoms with Crippen molar-refractivity contribution in [3.05, 3.63) is 40.0 Å². The fourth-order valence-corrected chi connectivity index (χ4v) is 3.99. The van der Waals surface area contributed by atoms with Gasteiger partial charge in [0.1, 0.15) is 0 Å². The number of amides is 1. The Hall–Kier alpha value is -1.65. The molecule has 1 fully saturated rings. The smallest absolute Gasteiger partial charge is 0.251 e. The maximum atomic E-state index is 12.4. The highest BCUT2D eigenvalue weighted by Crippen LogP contribution is 2.33. The van der Waals surface area contributed by atoms with Gasteiger partial charge in [-0.05, 0) is 56.2 Å². The Morgan fingerprint density at radius 1 is 1.29 bits per heavy atom. The van der Waals surface area contributed by atoms with E-state index in [2.05, 4.69) is 5.32 Å². The van der Waals surface area contributed by atoms with Gasteiger partial charge >= 0.3 is 0 Å². The van der Waals surface area contributed by atoms with Crippen LogP contribution in [0.4, 0.5) is 0 Å². The number of aromatic nitrogens is 1. The highest BCUT2D eigenvalue weighted by atomic mass is 35.5. The number of nitrogens with zero attached hydrogens (tertiary/aromatic N) is 1. The summed E-state index contributed by atoms with van der Waals surface area (Å²) in [6.45, 7) is 1.36. The second-order valence-electron chi connectivity index (χ2n) is 6.64. The lowest BCUT2D eigenvalue weighted by Gasteiger charge is -2.18. The van der Waals surface area contributed by atoms with Crippen LogP contribution in [0.5, 0.6) is 0 Å². The molecule has 126 valence electrons. The molecule has 24 heavy (non-hydrogen) atoms. The molecule has 2 heterocycles. The third-order valence-electron chi connectivity index (χ3n) is 4.97. The highest BCUT2D eigenvalue weighted by molar-refractivity contribution is 6.36. The van der Waals surface area contributed by atoms with E-state index in [1.165, 1.54) is 12.0 Å². The zero-order valence-electron chi connectivity index (χ0n) is 13.6. The Bertz CT molecular complexity index is 785. The second-order valence-corrected chi connectivity index (χ2v) is 7.01. The minimum Gasteiger partial charge on any atom is -0.376 e. The minimum absolute atomic E-state index is 0.0805. The summed E-state index contributed by atoms with van der Waals surface area (Å²) in [6, 6.07) is 5.59. The van der Waals surface area contributed by atoms with Crippen molar-refractivity contribution in [2.75, 3.05) is 13.2 Å². The predicted octanol–water partition coefficient (Wildman–Crippen LogP) is 3.68. The molecule has 4 rings (SSSR count). The number of nitrogens with one attached hydrogen (secondary N) is 1. The van der Waals surface area contributed by atoms with Gasteiger partial charge in [0.15, 0.2) is 0 Å². The van der Waals surface area contributed by atoms with Crippen molar-refractivity contribution in [3.8, 4) is 0 Å². The predicted molar refractivity (Wildman–Crippen MR) is 94.7 cm³/mol. The molecular formula is C19H21ClN2O2. The van der Waals surface area contributed by atoms with Gasteiger partial charge < -0.3 is 10.1 Å². The van der Waals surface area contributed by atoms with Crippen LogP contribution in [0, 0.1) is 0 Å². The maximum absolute atomic E-state index is 12.4. The number of hydrogen-bond donors (Lipinski definition) is 1. The molecule has 1 aliphatic heterocycles. The van der Waals surface area contributed by atoms with Gasteiger partial charge in [0.2, 0.25) is 0 Å². The molecular weight excluding hydrogens is 324 g/mol. The van der Waals surface area contributed by atoms with Gasteiger partial charge in [-0.1, -0.05) is 17.7 Å². The molecule has 0 spiro atoms. The molecule has 1 aromatic heterocycles. The Kier molecular flexibility index (Phi) is 4.42. The summed E-state index contributed by atoms with van der Waals surface area (Å²) in [4.78, 5) is 17.2. The number of pyridine rings is 1. The minimum atomic E-state index is -0.0805. The van der Waals surface area contributed by atoms with E-state index in [4.69, 9.17) is 21.3 Å². The van der Waals surface area contributed by atoms with E-state index in [-0.39, 0.29) is 12.0 Å². The largest absolute Gasteiger partial charge is 0.376 e. The van der Waals surface area contributed by atoms with Crippen LogP contribution in [0.1, 0.15) is 47.3 Å². The zero-order chi connectivity index (χ0) is 16.5. The molecule has 1 unspecified atom stereocenters. The number of hydrogen-bond acceptors (Lipinski definition) is 3. The van der Waals surface area contributed by atoms with Crippen molar-refractivity contribution < 1.29 is 9.53 Å². The van der Waals surface area contributed by atoms with Gasteiger partial charge in [0.05, 0.1) is 16.6 Å². The van der Waals surface area contributed by atoms with Gasteiger partial charge in [0, 0.05) is 29.8 Å². The number of benzene rings is 1. The van der Waals surface area contributed by atoms with Gasteiger partial charge in [-0.15, -0.1) is 0 Å². The van der Waals surface area contributed by atoms with E-state index in [1.54, 1.807) is 0 Å². The zero-order valence-corrected chi connectivity index (χ0v) is 14.4. The average molecular weight is 345 g/mol. The molecule has 5 heteroatoms. The molecule has 1 saturated heterocycles. The third-order valence-corrected chi connectivity index (χ3v) is 5.40. The summed E-state index contributed by atoms with van der Waals surface area (Å²) < 4.78 is 5.54. The van der Waals surface area contributed by atoms with Crippen molar-refractivity contribution in [2.45, 2.75) is 44.6 Å². The fourth-order valence-electron chi connectivity index (χ4n) is 3.62. The molecule has 1 aromatic carbocycles. The lowest BCUT2D eigenvalue weighted by Crippen LogP contribution is -2.31. The SMILES string of the molecule is O=C(NCC1CCCO1)c1ccc2c(Cl)c3c(nc2c1)CCCC3. The van der Waals surface area contributed by atoms with Gasteiger partial charge in [0.25, 0.3) is 5.91 Å². The molecule has 1 aliphatic carbocycles. The third kappa shape index (κ3) is 3.01. The first-order valence-electron chi connectivity index (χ1n) is 8.73. The van der Waals surface area contributed by atoms with Crippen LogP contribution in [0.2, 0.25) is 5.02 Å². The maximum Gasteiger partial charge on any atom is 0.251 e. The summed E-state index contributed by atoms with van der Waals surface area (Å²) in [5, 5.41) is 4.70. The first kappa shape index (κ1) is 15.9. The number of carbonyl (C=O) groups excluding carboxylic acids is 1. The van der Waals surface area contributed by atoms with Crippen molar-refractivity contribution in [3.63, 3.8) is 0 Å². The number of halogens is 1. The van der Waals surface area contributed by atoms with E-state index < -0.39 is 0 Å². The number of rotatable bonds is 3. The van der Waals surface area contributed by atoms with Crippen molar-refractivity contribution in [1.29, 1.82) is 0 Å². The topological polar surface area (TPSA) is 51.2 Å². The van der Waals surface area contributed by atoms with E-state index in [9.17, 15) is 4.79 Å². The van der Waals surface area contributed by atoms with Gasteiger partial charge in [-0.25, -0.2) is 0 Å². The molecule has 1 atom stereocenters. The second kappa shape index (κ2) is 6.69. The molecule has 2 aliphatic rings. The first-order chi connectivity index (χ1) is 11.7. The van der Waals surface area contributed by atoms with Crippen LogP contribution in [0.15, 0.2) is 18.2 Å². The van der Waals surface area contributed by atoms with E-state index in [1.807, 2.05) is 18.2 Å². The summed E-state index contributed by atoms with van der Waals surface area (Å²) in [5.74, 6) is -0.0805. The van der Waals surface area contributed by atoms with E-state index in [0.717, 1.165) is 60.3 Å². The molecule has 4 nitrogen and oxygen atoms in total. The Balaban J connectivity index is 1.59. The number of carbonyl (C=O) groups is 1. The monoisotopic (exact) mass is 344 g/mol. The normalized spacial score (nSPS) is 20.1. The highest BCUT2D eigenvalue weighted by Gasteiger charge is 2.19. The number of aryl methyl sites for hydroxylation is 1. The van der Waals surface area contributed by atoms with E-state index in [0.29, 0.717) is 12.1 Å². The van der Waals surface area contributed by atoms with Crippen LogP contribution in [-0.2, 0) is 17.6 Å².